The van der Waals surface area contributed by atoms with E-state index in [1.54, 1.807) is 0 Å². The third-order valence-electron chi connectivity index (χ3n) is 5.04. The highest BCUT2D eigenvalue weighted by molar-refractivity contribution is 6.04. The number of amides is 1. The molecule has 0 aliphatic heterocycles. The fourth-order valence-corrected chi connectivity index (χ4v) is 2.73. The lowest BCUT2D eigenvalue weighted by Crippen LogP contribution is -2.73. The summed E-state index contributed by atoms with van der Waals surface area (Å²) in [5.41, 5.74) is -0.0390. The Morgan fingerprint density at radius 2 is 1.02 bits per heavy atom. The highest BCUT2D eigenvalue weighted by Gasteiger charge is 2.94. The number of halogens is 15. The van der Waals surface area contributed by atoms with Crippen LogP contribution < -0.4 is 10.1 Å². The molecular weight excluding hydrogens is 599 g/mol. The van der Waals surface area contributed by atoms with E-state index in [1.165, 1.54) is 24.3 Å². The van der Waals surface area contributed by atoms with Crippen LogP contribution in [0.25, 0.3) is 0 Å². The molecule has 1 radical (unpaired) electrons. The predicted octanol–water partition coefficient (Wildman–Crippen LogP) is 7.58. The molecule has 1 N–H and O–H groups in total. The Bertz CT molecular complexity index is 1190. The summed E-state index contributed by atoms with van der Waals surface area (Å²) in [6.45, 7) is -0.612. The quantitative estimate of drug-likeness (QED) is 0.282. The SMILES string of the molecule is [O]Cc1ccc(C(=O)Nc2ccc(OC(F)(F)C(F)(F)C(F)(F)C(F)(F)C(F)(F)C(F)(F)C(F)(F)F)cc2)cc1. The van der Waals surface area contributed by atoms with Crippen molar-refractivity contribution in [2.24, 2.45) is 0 Å². The summed E-state index contributed by atoms with van der Waals surface area (Å²) in [6, 6.07) is 6.68. The number of hydrogen-bond donors (Lipinski definition) is 1. The van der Waals surface area contributed by atoms with Gasteiger partial charge in [0.2, 0.25) is 0 Å². The molecule has 0 heterocycles. The molecule has 0 aromatic heterocycles. The number of carbonyl (C=O) groups excluding carboxylic acids is 1. The second kappa shape index (κ2) is 10.2. The van der Waals surface area contributed by atoms with Gasteiger partial charge in [-0.3, -0.25) is 4.79 Å². The summed E-state index contributed by atoms with van der Waals surface area (Å²) in [7, 11) is 0. The Labute approximate surface area is 212 Å². The lowest BCUT2D eigenvalue weighted by Gasteiger charge is -2.41. The van der Waals surface area contributed by atoms with E-state index in [2.05, 4.69) is 10.1 Å². The summed E-state index contributed by atoms with van der Waals surface area (Å²) in [5.74, 6) is -43.4. The number of alkyl halides is 15. The van der Waals surface area contributed by atoms with Crippen LogP contribution >= 0.6 is 0 Å². The maximum atomic E-state index is 13.9. The number of benzene rings is 2. The number of anilines is 1. The average Bonchev–Trinajstić information content (AvgIpc) is 2.83. The third-order valence-corrected chi connectivity index (χ3v) is 5.04. The zero-order chi connectivity index (χ0) is 31.2. The van der Waals surface area contributed by atoms with Crippen LogP contribution in [0.4, 0.5) is 71.5 Å². The van der Waals surface area contributed by atoms with Crippen molar-refractivity contribution in [2.45, 2.75) is 48.5 Å². The smallest absolute Gasteiger partial charge is 0.428 e. The number of hydrogen-bond acceptors (Lipinski definition) is 2. The second-order valence-electron chi connectivity index (χ2n) is 7.81. The lowest BCUT2D eigenvalue weighted by molar-refractivity contribution is -0.465. The van der Waals surface area contributed by atoms with E-state index in [-0.39, 0.29) is 23.4 Å². The van der Waals surface area contributed by atoms with Gasteiger partial charge in [0.05, 0.1) is 0 Å². The minimum absolute atomic E-state index is 0.0419. The van der Waals surface area contributed by atoms with Crippen molar-refractivity contribution in [3.8, 4) is 5.75 Å². The zero-order valence-corrected chi connectivity index (χ0v) is 18.7. The Morgan fingerprint density at radius 1 is 0.600 bits per heavy atom. The number of carbonyl (C=O) groups is 1. The molecule has 1 amide bonds. The molecular formula is C21H11F15NO3. The molecule has 2 aromatic rings. The summed E-state index contributed by atoms with van der Waals surface area (Å²) < 4.78 is 202. The molecule has 0 fully saturated rings. The van der Waals surface area contributed by atoms with Gasteiger partial charge < -0.3 is 10.1 Å². The van der Waals surface area contributed by atoms with E-state index in [9.17, 15) is 75.8 Å². The minimum Gasteiger partial charge on any atom is -0.428 e. The molecule has 0 aliphatic rings. The number of rotatable bonds is 10. The predicted molar refractivity (Wildman–Crippen MR) is 102 cm³/mol. The molecule has 223 valence electrons. The van der Waals surface area contributed by atoms with Crippen LogP contribution in [-0.2, 0) is 11.7 Å². The van der Waals surface area contributed by atoms with Gasteiger partial charge >= 0.3 is 41.9 Å². The molecule has 40 heavy (non-hydrogen) atoms. The van der Waals surface area contributed by atoms with Gasteiger partial charge in [0.1, 0.15) is 12.4 Å². The first-order valence-electron chi connectivity index (χ1n) is 9.98. The van der Waals surface area contributed by atoms with Crippen molar-refractivity contribution in [2.75, 3.05) is 5.32 Å². The van der Waals surface area contributed by atoms with E-state index in [4.69, 9.17) is 0 Å². The molecule has 0 saturated heterocycles. The second-order valence-corrected chi connectivity index (χ2v) is 7.81. The van der Waals surface area contributed by atoms with Gasteiger partial charge in [-0.05, 0) is 42.0 Å². The van der Waals surface area contributed by atoms with E-state index in [0.717, 1.165) is 0 Å². The Morgan fingerprint density at radius 3 is 1.45 bits per heavy atom. The standard InChI is InChI=1S/C21H11F15NO3/c22-15(23,16(24,25)18(28,29)20(32,33)34)17(26,27)19(30,31)21(35,36)40-13-7-5-12(6-8-13)37-14(39)11-3-1-10(9-38)2-4-11/h1-8H,9H2,(H,37,39). The van der Waals surface area contributed by atoms with Gasteiger partial charge in [-0.15, -0.1) is 0 Å². The first-order valence-corrected chi connectivity index (χ1v) is 9.98. The van der Waals surface area contributed by atoms with Gasteiger partial charge in [-0.2, -0.15) is 65.9 Å². The van der Waals surface area contributed by atoms with E-state index >= 15 is 0 Å². The van der Waals surface area contributed by atoms with Crippen molar-refractivity contribution < 1.29 is 80.5 Å². The Balaban J connectivity index is 2.29. The molecule has 19 heteroatoms. The molecule has 2 aromatic carbocycles. The van der Waals surface area contributed by atoms with Crippen LogP contribution in [0.3, 0.4) is 0 Å². The van der Waals surface area contributed by atoms with Gasteiger partial charge in [-0.1, -0.05) is 12.1 Å². The van der Waals surface area contributed by atoms with Crippen LogP contribution in [0, 0.1) is 0 Å². The fraction of sp³-hybridized carbons (Fsp3) is 0.381. The van der Waals surface area contributed by atoms with E-state index in [0.29, 0.717) is 17.7 Å². The fourth-order valence-electron chi connectivity index (χ4n) is 2.73. The van der Waals surface area contributed by atoms with Crippen molar-refractivity contribution in [3.63, 3.8) is 0 Å². The first-order chi connectivity index (χ1) is 17.9. The normalized spacial score (nSPS) is 14.2. The first kappa shape index (κ1) is 32.8. The van der Waals surface area contributed by atoms with Gasteiger partial charge in [0, 0.05) is 11.3 Å². The Kier molecular flexibility index (Phi) is 8.39. The zero-order valence-electron chi connectivity index (χ0n) is 18.7. The molecule has 0 atom stereocenters. The number of nitrogens with one attached hydrogen (secondary N) is 1. The van der Waals surface area contributed by atoms with Crippen LogP contribution in [0.5, 0.6) is 5.75 Å². The van der Waals surface area contributed by atoms with Crippen LogP contribution in [0.2, 0.25) is 0 Å². The average molecular weight is 610 g/mol. The molecule has 2 rings (SSSR count). The monoisotopic (exact) mass is 610 g/mol. The van der Waals surface area contributed by atoms with Crippen molar-refractivity contribution >= 4 is 11.6 Å². The van der Waals surface area contributed by atoms with E-state index < -0.39 is 60.2 Å². The highest BCUT2D eigenvalue weighted by atomic mass is 19.4. The molecule has 0 spiro atoms. The van der Waals surface area contributed by atoms with Crippen molar-refractivity contribution in [1.29, 1.82) is 0 Å². The lowest BCUT2D eigenvalue weighted by atomic mass is 9.93. The molecule has 4 nitrogen and oxygen atoms in total. The highest BCUT2D eigenvalue weighted by Crippen LogP contribution is 2.62. The molecule has 0 unspecified atom stereocenters. The van der Waals surface area contributed by atoms with Crippen LogP contribution in [0.15, 0.2) is 48.5 Å². The van der Waals surface area contributed by atoms with Gasteiger partial charge in [0.15, 0.2) is 0 Å². The summed E-state index contributed by atoms with van der Waals surface area (Å²) in [4.78, 5) is 12.1. The van der Waals surface area contributed by atoms with Gasteiger partial charge in [0.25, 0.3) is 5.91 Å². The van der Waals surface area contributed by atoms with Crippen molar-refractivity contribution in [1.82, 2.24) is 0 Å². The van der Waals surface area contributed by atoms with Gasteiger partial charge in [-0.25, -0.2) is 5.11 Å². The summed E-state index contributed by atoms with van der Waals surface area (Å²) >= 11 is 0. The summed E-state index contributed by atoms with van der Waals surface area (Å²) in [6.07, 6.45) is -14.6. The molecule has 0 aliphatic carbocycles. The third kappa shape index (κ3) is 5.34. The van der Waals surface area contributed by atoms with Crippen molar-refractivity contribution in [3.05, 3.63) is 59.7 Å². The maximum Gasteiger partial charge on any atom is 0.471 e. The minimum atomic E-state index is -8.42. The maximum absolute atomic E-state index is 13.9. The van der Waals surface area contributed by atoms with Crippen LogP contribution in [-0.4, -0.2) is 47.8 Å². The largest absolute Gasteiger partial charge is 0.471 e. The topological polar surface area (TPSA) is 58.2 Å². The Hall–Kier alpha value is -3.38. The number of ether oxygens (including phenoxy) is 1. The van der Waals surface area contributed by atoms with Crippen LogP contribution in [0.1, 0.15) is 15.9 Å². The molecule has 0 bridgehead atoms. The summed E-state index contributed by atoms with van der Waals surface area (Å²) in [5, 5.41) is 12.9. The van der Waals surface area contributed by atoms with E-state index in [1.807, 2.05) is 0 Å². The molecule has 0 saturated carbocycles.